The van der Waals surface area contributed by atoms with Gasteiger partial charge in [0.25, 0.3) is 0 Å². The second kappa shape index (κ2) is 22.7. The van der Waals surface area contributed by atoms with Gasteiger partial charge in [0.05, 0.1) is 0 Å². The van der Waals surface area contributed by atoms with Gasteiger partial charge < -0.3 is 35.2 Å². The molecule has 0 fully saturated rings. The first-order valence-electron chi connectivity index (χ1n) is 2.72. The monoisotopic (exact) mass is 392 g/mol. The smallest absolute Gasteiger partial charge is 0.550 e. The van der Waals surface area contributed by atoms with E-state index in [4.69, 9.17) is 29.7 Å². The average Bonchev–Trinajstić information content (AvgIpc) is 1.54. The minimum atomic E-state index is -1.08. The molecule has 2 N–H and O–H groups in total. The quantitative estimate of drug-likeness (QED) is 0.379. The summed E-state index contributed by atoms with van der Waals surface area (Å²) in [5.41, 5.74) is 0. The topological polar surface area (TPSA) is 152 Å². The van der Waals surface area contributed by atoms with Crippen LogP contribution < -0.4 is 15.3 Å². The third-order valence-electron chi connectivity index (χ3n) is 0. The fraction of sp³-hybridized carbons (Fsp3) is 0.500. The molecule has 0 saturated heterocycles. The number of rotatable bonds is 0. The maximum absolute atomic E-state index is 8.89. The van der Waals surface area contributed by atoms with Crippen molar-refractivity contribution in [3.63, 3.8) is 0 Å². The molecule has 0 aromatic rings. The van der Waals surface area contributed by atoms with E-state index in [0.29, 0.717) is 0 Å². The number of hydrogen-bond acceptors (Lipinski definition) is 6. The molecule has 0 spiro atoms. The van der Waals surface area contributed by atoms with Crippen LogP contribution in [0.2, 0.25) is 0 Å². The molecule has 88 valence electrons. The summed E-state index contributed by atoms with van der Waals surface area (Å²) >= 11 is 0. The molecule has 0 radical (unpaired) electrons. The van der Waals surface area contributed by atoms with Gasteiger partial charge >= 0.3 is 22.4 Å². The third kappa shape index (κ3) is 1430. The van der Waals surface area contributed by atoms with Crippen LogP contribution in [0.25, 0.3) is 0 Å². The zero-order valence-electron chi connectivity index (χ0n) is 7.75. The van der Waals surface area contributed by atoms with E-state index in [1.807, 2.05) is 0 Å². The van der Waals surface area contributed by atoms with Crippen molar-refractivity contribution in [2.45, 2.75) is 20.8 Å². The first kappa shape index (κ1) is 29.2. The van der Waals surface area contributed by atoms with E-state index in [2.05, 4.69) is 0 Å². The Kier molecular flexibility index (Phi) is 47.5. The van der Waals surface area contributed by atoms with E-state index in [1.165, 1.54) is 0 Å². The van der Waals surface area contributed by atoms with Gasteiger partial charge in [0, 0.05) is 17.9 Å². The van der Waals surface area contributed by atoms with Gasteiger partial charge in [0.15, 0.2) is 0 Å². The van der Waals surface area contributed by atoms with Crippen molar-refractivity contribution in [1.82, 2.24) is 0 Å². The molecule has 8 heteroatoms. The van der Waals surface area contributed by atoms with Crippen molar-refractivity contribution in [2.75, 3.05) is 0 Å². The van der Waals surface area contributed by atoms with Crippen molar-refractivity contribution >= 4 is 17.9 Å². The van der Waals surface area contributed by atoms with Crippen molar-refractivity contribution in [2.24, 2.45) is 0 Å². The fourth-order valence-electron chi connectivity index (χ4n) is 0. The summed E-state index contributed by atoms with van der Waals surface area (Å²) < 4.78 is 0. The molecule has 7 nitrogen and oxygen atoms in total. The molecule has 0 aliphatic carbocycles. The maximum Gasteiger partial charge on any atom is 3.00 e. The van der Waals surface area contributed by atoms with Gasteiger partial charge in [-0.15, -0.1) is 0 Å². The van der Waals surface area contributed by atoms with Crippen molar-refractivity contribution < 1.29 is 57.6 Å². The summed E-state index contributed by atoms with van der Waals surface area (Å²) in [6.45, 7) is 2.92. The van der Waals surface area contributed by atoms with E-state index in [0.717, 1.165) is 20.8 Å². The molecule has 0 aromatic carbocycles. The molecular formula is C6H11AuO7. The third-order valence-corrected chi connectivity index (χ3v) is 0. The first-order valence-corrected chi connectivity index (χ1v) is 2.72. The van der Waals surface area contributed by atoms with Crippen LogP contribution in [-0.2, 0) is 36.8 Å². The Balaban J connectivity index is -0.0000000270. The van der Waals surface area contributed by atoms with E-state index in [-0.39, 0.29) is 27.9 Å². The fourth-order valence-corrected chi connectivity index (χ4v) is 0. The average molecular weight is 392 g/mol. The van der Waals surface area contributed by atoms with E-state index < -0.39 is 17.9 Å². The molecule has 0 amide bonds. The molecule has 0 rings (SSSR count). The van der Waals surface area contributed by atoms with Crippen LogP contribution >= 0.6 is 0 Å². The first-order chi connectivity index (χ1) is 5.20. The van der Waals surface area contributed by atoms with Crippen LogP contribution in [0.5, 0.6) is 0 Å². The van der Waals surface area contributed by atoms with Gasteiger partial charge in [-0.1, -0.05) is 0 Å². The van der Waals surface area contributed by atoms with E-state index in [9.17, 15) is 0 Å². The van der Waals surface area contributed by atoms with E-state index in [1.54, 1.807) is 0 Å². The Morgan fingerprint density at radius 3 is 0.714 bits per heavy atom. The maximum atomic E-state index is 8.89. The standard InChI is InChI=1S/3C2H4O2.Au.H2O/c3*1-2(3)4;;/h3*1H3,(H,3,4);;1H2/q;;;+3;/p-3. The van der Waals surface area contributed by atoms with Gasteiger partial charge in [-0.3, -0.25) is 0 Å². The minimum Gasteiger partial charge on any atom is -0.550 e. The molecular weight excluding hydrogens is 381 g/mol. The second-order valence-electron chi connectivity index (χ2n) is 1.47. The van der Waals surface area contributed by atoms with E-state index >= 15 is 0 Å². The van der Waals surface area contributed by atoms with Crippen LogP contribution in [0.3, 0.4) is 0 Å². The summed E-state index contributed by atoms with van der Waals surface area (Å²) in [6.07, 6.45) is 0. The number of aliphatic carboxylic acids is 3. The Morgan fingerprint density at radius 1 is 0.714 bits per heavy atom. The Bertz CT molecular complexity index is 116. The van der Waals surface area contributed by atoms with Crippen LogP contribution in [0.4, 0.5) is 0 Å². The zero-order valence-corrected chi connectivity index (χ0v) is 9.92. The number of carbonyl (C=O) groups is 3. The molecule has 0 aliphatic heterocycles. The number of carboxylic acids is 3. The van der Waals surface area contributed by atoms with Crippen LogP contribution in [-0.4, -0.2) is 23.4 Å². The molecule has 0 atom stereocenters. The normalized spacial score (nSPS) is 5.36. The van der Waals surface area contributed by atoms with Gasteiger partial charge in [0.1, 0.15) is 0 Å². The number of hydrogen-bond donors (Lipinski definition) is 0. The van der Waals surface area contributed by atoms with Gasteiger partial charge in [-0.25, -0.2) is 0 Å². The molecule has 0 bridgehead atoms. The molecule has 0 aliphatic rings. The molecule has 0 heterocycles. The Labute approximate surface area is 96.6 Å². The summed E-state index contributed by atoms with van der Waals surface area (Å²) in [6, 6.07) is 0. The predicted molar refractivity (Wildman–Crippen MR) is 35.7 cm³/mol. The summed E-state index contributed by atoms with van der Waals surface area (Å²) in [5, 5.41) is 26.7. The zero-order chi connectivity index (χ0) is 10.7. The summed E-state index contributed by atoms with van der Waals surface area (Å²) in [5.74, 6) is -3.25. The predicted octanol–water partition coefficient (Wildman–Crippen LogP) is -4.56. The van der Waals surface area contributed by atoms with Crippen molar-refractivity contribution in [3.8, 4) is 0 Å². The van der Waals surface area contributed by atoms with Crippen molar-refractivity contribution in [3.05, 3.63) is 0 Å². The van der Waals surface area contributed by atoms with Crippen LogP contribution in [0, 0.1) is 0 Å². The Hall–Kier alpha value is -0.890. The van der Waals surface area contributed by atoms with Gasteiger partial charge in [0.2, 0.25) is 0 Å². The van der Waals surface area contributed by atoms with Gasteiger partial charge in [-0.2, -0.15) is 0 Å². The van der Waals surface area contributed by atoms with Gasteiger partial charge in [-0.05, 0) is 20.8 Å². The largest absolute Gasteiger partial charge is 3.00 e. The second-order valence-corrected chi connectivity index (χ2v) is 1.47. The van der Waals surface area contributed by atoms with Crippen LogP contribution in [0.15, 0.2) is 0 Å². The summed E-state index contributed by atoms with van der Waals surface area (Å²) in [4.78, 5) is 26.7. The minimum absolute atomic E-state index is 0. The molecule has 0 unspecified atom stereocenters. The molecule has 0 saturated carbocycles. The number of carbonyl (C=O) groups excluding carboxylic acids is 3. The number of carboxylic acid groups (broad SMARTS) is 3. The summed E-state index contributed by atoms with van der Waals surface area (Å²) in [7, 11) is 0. The Morgan fingerprint density at radius 2 is 0.714 bits per heavy atom. The molecule has 0 aromatic heterocycles. The van der Waals surface area contributed by atoms with Crippen molar-refractivity contribution in [1.29, 1.82) is 0 Å². The SMILES string of the molecule is CC(=O)[O-].CC(=O)[O-].CC(=O)[O-].O.[Au+3]. The molecule has 14 heavy (non-hydrogen) atoms. The van der Waals surface area contributed by atoms with Crippen LogP contribution in [0.1, 0.15) is 20.8 Å².